The van der Waals surface area contributed by atoms with E-state index in [0.717, 1.165) is 25.3 Å². The summed E-state index contributed by atoms with van der Waals surface area (Å²) in [4.78, 5) is 6.35. The van der Waals surface area contributed by atoms with Gasteiger partial charge in [-0.2, -0.15) is 0 Å². The van der Waals surface area contributed by atoms with E-state index in [9.17, 15) is 0 Å². The van der Waals surface area contributed by atoms with Gasteiger partial charge in [0.2, 0.25) is 0 Å². The molecule has 1 aromatic carbocycles. The van der Waals surface area contributed by atoms with Crippen molar-refractivity contribution in [2.75, 3.05) is 13.1 Å². The molecule has 1 aliphatic heterocycles. The van der Waals surface area contributed by atoms with E-state index in [0.29, 0.717) is 6.54 Å². The lowest BCUT2D eigenvalue weighted by Gasteiger charge is -2.33. The van der Waals surface area contributed by atoms with Crippen molar-refractivity contribution in [2.24, 2.45) is 5.73 Å². The summed E-state index contributed by atoms with van der Waals surface area (Å²) < 4.78 is 5.39. The maximum absolute atomic E-state index is 5.89. The number of rotatable bonds is 3. The fourth-order valence-corrected chi connectivity index (χ4v) is 2.62. The van der Waals surface area contributed by atoms with Gasteiger partial charge in [-0.3, -0.25) is 4.90 Å². The first-order valence-electron chi connectivity index (χ1n) is 6.28. The molecule has 4 nitrogen and oxygen atoms in total. The molecule has 1 aromatic heterocycles. The van der Waals surface area contributed by atoms with Gasteiger partial charge in [0, 0.05) is 19.6 Å². The zero-order valence-electron chi connectivity index (χ0n) is 10.2. The van der Waals surface area contributed by atoms with Crippen LogP contribution < -0.4 is 5.73 Å². The molecular weight excluding hydrogens is 226 g/mol. The highest BCUT2D eigenvalue weighted by Crippen LogP contribution is 2.26. The second-order valence-corrected chi connectivity index (χ2v) is 4.64. The first-order valence-corrected chi connectivity index (χ1v) is 6.28. The number of oxazole rings is 1. The Morgan fingerprint density at radius 2 is 2.17 bits per heavy atom. The van der Waals surface area contributed by atoms with Gasteiger partial charge in [0.15, 0.2) is 6.39 Å². The predicted octanol–water partition coefficient (Wildman–Crippen LogP) is 1.73. The van der Waals surface area contributed by atoms with Crippen LogP contribution in [0.1, 0.15) is 22.9 Å². The summed E-state index contributed by atoms with van der Waals surface area (Å²) in [5, 5.41) is 0. The van der Waals surface area contributed by atoms with E-state index in [1.54, 1.807) is 6.20 Å². The van der Waals surface area contributed by atoms with Gasteiger partial charge in [-0.1, -0.05) is 24.3 Å². The molecular formula is C14H17N3O. The number of aromatic nitrogens is 1. The topological polar surface area (TPSA) is 55.3 Å². The van der Waals surface area contributed by atoms with E-state index in [-0.39, 0.29) is 6.04 Å². The third-order valence-corrected chi connectivity index (χ3v) is 3.60. The van der Waals surface area contributed by atoms with Crippen LogP contribution in [0.3, 0.4) is 0 Å². The number of fused-ring (bicyclic) bond motifs is 1. The minimum atomic E-state index is 0.126. The van der Waals surface area contributed by atoms with Crippen LogP contribution in [0, 0.1) is 0 Å². The standard InChI is InChI=1S/C14H17N3O/c15-7-13(14-8-16-10-18-14)17-6-5-11-3-1-2-4-12(11)9-17/h1-4,8,10,13H,5-7,9,15H2. The third kappa shape index (κ3) is 2.05. The van der Waals surface area contributed by atoms with Crippen LogP contribution >= 0.6 is 0 Å². The lowest BCUT2D eigenvalue weighted by Crippen LogP contribution is -2.37. The molecule has 18 heavy (non-hydrogen) atoms. The number of nitrogens with two attached hydrogens (primary N) is 1. The van der Waals surface area contributed by atoms with Crippen molar-refractivity contribution in [3.63, 3.8) is 0 Å². The second kappa shape index (κ2) is 4.92. The van der Waals surface area contributed by atoms with Crippen molar-refractivity contribution in [1.82, 2.24) is 9.88 Å². The first-order chi connectivity index (χ1) is 8.88. The van der Waals surface area contributed by atoms with Crippen molar-refractivity contribution in [3.8, 4) is 0 Å². The minimum absolute atomic E-state index is 0.126. The lowest BCUT2D eigenvalue weighted by atomic mass is 9.98. The van der Waals surface area contributed by atoms with Gasteiger partial charge >= 0.3 is 0 Å². The molecule has 1 aliphatic rings. The fraction of sp³-hybridized carbons (Fsp3) is 0.357. The zero-order chi connectivity index (χ0) is 12.4. The SMILES string of the molecule is NCC(c1cnco1)N1CCc2ccccc2C1. The maximum atomic E-state index is 5.89. The second-order valence-electron chi connectivity index (χ2n) is 4.64. The predicted molar refractivity (Wildman–Crippen MR) is 68.9 cm³/mol. The molecule has 2 N–H and O–H groups in total. The number of hydrogen-bond donors (Lipinski definition) is 1. The highest BCUT2D eigenvalue weighted by Gasteiger charge is 2.25. The number of benzene rings is 1. The lowest BCUT2D eigenvalue weighted by molar-refractivity contribution is 0.163. The molecule has 4 heteroatoms. The van der Waals surface area contributed by atoms with Gasteiger partial charge in [0.05, 0.1) is 12.2 Å². The molecule has 2 heterocycles. The van der Waals surface area contributed by atoms with Crippen molar-refractivity contribution in [2.45, 2.75) is 19.0 Å². The summed E-state index contributed by atoms with van der Waals surface area (Å²) in [6.07, 6.45) is 4.30. The summed E-state index contributed by atoms with van der Waals surface area (Å²) in [7, 11) is 0. The number of nitrogens with zero attached hydrogens (tertiary/aromatic N) is 2. The van der Waals surface area contributed by atoms with Gasteiger partial charge < -0.3 is 10.2 Å². The fourth-order valence-electron chi connectivity index (χ4n) is 2.62. The third-order valence-electron chi connectivity index (χ3n) is 3.60. The molecule has 0 fully saturated rings. The Bertz CT molecular complexity index is 510. The number of hydrogen-bond acceptors (Lipinski definition) is 4. The molecule has 0 spiro atoms. The Morgan fingerprint density at radius 3 is 2.89 bits per heavy atom. The molecule has 1 unspecified atom stereocenters. The van der Waals surface area contributed by atoms with Crippen LogP contribution in [0.4, 0.5) is 0 Å². The Hall–Kier alpha value is -1.65. The molecule has 2 aromatic rings. The Balaban J connectivity index is 1.82. The Morgan fingerprint density at radius 1 is 1.33 bits per heavy atom. The molecule has 3 rings (SSSR count). The monoisotopic (exact) mass is 243 g/mol. The highest BCUT2D eigenvalue weighted by atomic mass is 16.3. The average Bonchev–Trinajstić information content (AvgIpc) is 2.93. The quantitative estimate of drug-likeness (QED) is 0.892. The van der Waals surface area contributed by atoms with Crippen molar-refractivity contribution >= 4 is 0 Å². The molecule has 0 radical (unpaired) electrons. The van der Waals surface area contributed by atoms with E-state index < -0.39 is 0 Å². The molecule has 0 aliphatic carbocycles. The Labute approximate surface area is 106 Å². The molecule has 0 amide bonds. The van der Waals surface area contributed by atoms with Crippen LogP contribution in [-0.4, -0.2) is 23.0 Å². The van der Waals surface area contributed by atoms with Crippen LogP contribution in [0.25, 0.3) is 0 Å². The largest absolute Gasteiger partial charge is 0.447 e. The van der Waals surface area contributed by atoms with E-state index in [1.807, 2.05) is 0 Å². The van der Waals surface area contributed by atoms with E-state index >= 15 is 0 Å². The van der Waals surface area contributed by atoms with Crippen molar-refractivity contribution in [3.05, 3.63) is 53.7 Å². The molecule has 0 bridgehead atoms. The minimum Gasteiger partial charge on any atom is -0.447 e. The Kier molecular flexibility index (Phi) is 3.13. The van der Waals surface area contributed by atoms with E-state index in [2.05, 4.69) is 34.1 Å². The van der Waals surface area contributed by atoms with E-state index in [4.69, 9.17) is 10.2 Å². The first kappa shape index (κ1) is 11.4. The molecule has 1 atom stereocenters. The average molecular weight is 243 g/mol. The summed E-state index contributed by atoms with van der Waals surface area (Å²) in [5.41, 5.74) is 8.72. The smallest absolute Gasteiger partial charge is 0.180 e. The summed E-state index contributed by atoms with van der Waals surface area (Å²) in [6, 6.07) is 8.72. The molecule has 0 saturated carbocycles. The van der Waals surface area contributed by atoms with Gasteiger partial charge in [-0.25, -0.2) is 4.98 Å². The molecule has 0 saturated heterocycles. The van der Waals surface area contributed by atoms with Gasteiger partial charge in [-0.15, -0.1) is 0 Å². The van der Waals surface area contributed by atoms with Crippen molar-refractivity contribution in [1.29, 1.82) is 0 Å². The van der Waals surface area contributed by atoms with Crippen LogP contribution in [0.15, 0.2) is 41.3 Å². The summed E-state index contributed by atoms with van der Waals surface area (Å²) >= 11 is 0. The van der Waals surface area contributed by atoms with Crippen LogP contribution in [-0.2, 0) is 13.0 Å². The maximum Gasteiger partial charge on any atom is 0.180 e. The van der Waals surface area contributed by atoms with E-state index in [1.165, 1.54) is 17.5 Å². The van der Waals surface area contributed by atoms with Gasteiger partial charge in [0.1, 0.15) is 5.76 Å². The summed E-state index contributed by atoms with van der Waals surface area (Å²) in [5.74, 6) is 0.858. The normalized spacial score (nSPS) is 17.4. The zero-order valence-corrected chi connectivity index (χ0v) is 10.2. The van der Waals surface area contributed by atoms with Gasteiger partial charge in [-0.05, 0) is 17.5 Å². The summed E-state index contributed by atoms with van der Waals surface area (Å²) in [6.45, 7) is 2.50. The van der Waals surface area contributed by atoms with Gasteiger partial charge in [0.25, 0.3) is 0 Å². The van der Waals surface area contributed by atoms with Crippen molar-refractivity contribution < 1.29 is 4.42 Å². The molecule has 94 valence electrons. The van der Waals surface area contributed by atoms with Crippen LogP contribution in [0.2, 0.25) is 0 Å². The van der Waals surface area contributed by atoms with Crippen LogP contribution in [0.5, 0.6) is 0 Å². The highest BCUT2D eigenvalue weighted by molar-refractivity contribution is 5.29.